The molecule has 0 aliphatic carbocycles. The summed E-state index contributed by atoms with van der Waals surface area (Å²) in [5, 5.41) is 6.60. The number of hydrogen-bond acceptors (Lipinski definition) is 4. The Labute approximate surface area is 141 Å². The number of unbranched alkanes of at least 4 members (excludes halogenated alkanes) is 2. The van der Waals surface area contributed by atoms with E-state index in [1.54, 1.807) is 24.4 Å². The third-order valence-electron chi connectivity index (χ3n) is 3.49. The minimum absolute atomic E-state index is 0.267. The summed E-state index contributed by atoms with van der Waals surface area (Å²) < 4.78 is 0. The molecule has 2 aromatic rings. The molecule has 1 aromatic carbocycles. The second kappa shape index (κ2) is 8.48. The molecule has 0 atom stereocenters. The normalized spacial score (nSPS) is 10.4. The molecular formula is C17H21ClN4O. The molecular weight excluding hydrogens is 312 g/mol. The molecule has 0 fully saturated rings. The first-order valence-corrected chi connectivity index (χ1v) is 8.12. The smallest absolute Gasteiger partial charge is 0.275 e. The topological polar surface area (TPSA) is 66.9 Å². The van der Waals surface area contributed by atoms with Crippen molar-refractivity contribution in [3.8, 4) is 0 Å². The number of amides is 1. The van der Waals surface area contributed by atoms with Crippen LogP contribution in [0.5, 0.6) is 0 Å². The van der Waals surface area contributed by atoms with E-state index in [2.05, 4.69) is 27.5 Å². The van der Waals surface area contributed by atoms with Gasteiger partial charge in [-0.15, -0.1) is 0 Å². The van der Waals surface area contributed by atoms with E-state index < -0.39 is 0 Å². The average molecular weight is 333 g/mol. The molecule has 0 saturated heterocycles. The second-order valence-electron chi connectivity index (χ2n) is 5.29. The molecule has 0 radical (unpaired) electrons. The minimum Gasteiger partial charge on any atom is -0.369 e. The number of nitrogens with zero attached hydrogens (tertiary/aromatic N) is 2. The fourth-order valence-electron chi connectivity index (χ4n) is 2.06. The number of aromatic nitrogens is 2. The average Bonchev–Trinajstić information content (AvgIpc) is 2.56. The van der Waals surface area contributed by atoms with E-state index in [-0.39, 0.29) is 11.6 Å². The largest absolute Gasteiger partial charge is 0.369 e. The van der Waals surface area contributed by atoms with Crippen LogP contribution in [0.1, 0.15) is 42.2 Å². The van der Waals surface area contributed by atoms with E-state index in [1.807, 2.05) is 6.92 Å². The number of anilines is 2. The highest BCUT2D eigenvalue weighted by atomic mass is 35.5. The number of benzene rings is 1. The lowest BCUT2D eigenvalue weighted by molar-refractivity contribution is 0.102. The summed E-state index contributed by atoms with van der Waals surface area (Å²) >= 11 is 6.05. The van der Waals surface area contributed by atoms with Gasteiger partial charge in [0, 0.05) is 17.3 Å². The molecule has 1 aromatic heterocycles. The summed E-state index contributed by atoms with van der Waals surface area (Å²) in [5.41, 5.74) is 1.76. The lowest BCUT2D eigenvalue weighted by Gasteiger charge is -2.09. The van der Waals surface area contributed by atoms with Gasteiger partial charge in [-0.3, -0.25) is 4.79 Å². The first-order chi connectivity index (χ1) is 11.1. The Balaban J connectivity index is 1.96. The van der Waals surface area contributed by atoms with Gasteiger partial charge in [-0.25, -0.2) is 9.97 Å². The van der Waals surface area contributed by atoms with Gasteiger partial charge in [0.15, 0.2) is 0 Å². The highest BCUT2D eigenvalue weighted by molar-refractivity contribution is 6.31. The van der Waals surface area contributed by atoms with Gasteiger partial charge >= 0.3 is 0 Å². The van der Waals surface area contributed by atoms with Crippen LogP contribution < -0.4 is 10.6 Å². The van der Waals surface area contributed by atoms with E-state index in [4.69, 9.17) is 11.6 Å². The van der Waals surface area contributed by atoms with Gasteiger partial charge in [0.1, 0.15) is 11.5 Å². The fraction of sp³-hybridized carbons (Fsp3) is 0.353. The highest BCUT2D eigenvalue weighted by Crippen LogP contribution is 2.23. The molecule has 1 heterocycles. The van der Waals surface area contributed by atoms with Crippen molar-refractivity contribution < 1.29 is 4.79 Å². The third-order valence-corrected chi connectivity index (χ3v) is 3.90. The Morgan fingerprint density at radius 3 is 2.74 bits per heavy atom. The van der Waals surface area contributed by atoms with Crippen LogP contribution in [0.15, 0.2) is 30.6 Å². The van der Waals surface area contributed by atoms with Gasteiger partial charge < -0.3 is 10.6 Å². The van der Waals surface area contributed by atoms with E-state index in [1.165, 1.54) is 19.0 Å². The number of carbonyl (C=O) groups excluding carboxylic acids is 1. The van der Waals surface area contributed by atoms with Crippen LogP contribution in [0.4, 0.5) is 11.5 Å². The predicted octanol–water partition coefficient (Wildman–Crippen LogP) is 4.29. The van der Waals surface area contributed by atoms with Crippen LogP contribution in [-0.2, 0) is 0 Å². The number of carbonyl (C=O) groups is 1. The molecule has 2 N–H and O–H groups in total. The van der Waals surface area contributed by atoms with Crippen molar-refractivity contribution in [3.63, 3.8) is 0 Å². The first kappa shape index (κ1) is 17.2. The molecule has 0 spiro atoms. The maximum atomic E-state index is 12.2. The van der Waals surface area contributed by atoms with Gasteiger partial charge in [0.2, 0.25) is 0 Å². The Morgan fingerprint density at radius 1 is 1.22 bits per heavy atom. The number of halogens is 1. The molecule has 23 heavy (non-hydrogen) atoms. The lowest BCUT2D eigenvalue weighted by atomic mass is 10.2. The molecule has 5 nitrogen and oxygen atoms in total. The number of rotatable bonds is 7. The van der Waals surface area contributed by atoms with Crippen LogP contribution >= 0.6 is 11.6 Å². The summed E-state index contributed by atoms with van der Waals surface area (Å²) in [5.74, 6) is 0.372. The summed E-state index contributed by atoms with van der Waals surface area (Å²) in [4.78, 5) is 20.6. The van der Waals surface area contributed by atoms with Crippen molar-refractivity contribution in [3.05, 3.63) is 46.9 Å². The van der Waals surface area contributed by atoms with Crippen molar-refractivity contribution in [2.24, 2.45) is 0 Å². The van der Waals surface area contributed by atoms with E-state index in [9.17, 15) is 4.79 Å². The lowest BCUT2D eigenvalue weighted by Crippen LogP contribution is -2.15. The molecule has 122 valence electrons. The van der Waals surface area contributed by atoms with Gasteiger partial charge in [-0.05, 0) is 31.0 Å². The SMILES string of the molecule is CCCCCNc1cnc(C(=O)Nc2cccc(Cl)c2C)cn1. The highest BCUT2D eigenvalue weighted by Gasteiger charge is 2.11. The quantitative estimate of drug-likeness (QED) is 0.742. The monoisotopic (exact) mass is 332 g/mol. The van der Waals surface area contributed by atoms with Crippen LogP contribution in [0.2, 0.25) is 5.02 Å². The molecule has 6 heteroatoms. The van der Waals surface area contributed by atoms with E-state index in [0.29, 0.717) is 16.5 Å². The molecule has 1 amide bonds. The van der Waals surface area contributed by atoms with Crippen molar-refractivity contribution in [1.29, 1.82) is 0 Å². The zero-order chi connectivity index (χ0) is 16.7. The van der Waals surface area contributed by atoms with Gasteiger partial charge in [-0.1, -0.05) is 37.4 Å². The fourth-order valence-corrected chi connectivity index (χ4v) is 2.23. The molecule has 0 saturated carbocycles. The first-order valence-electron chi connectivity index (χ1n) is 7.74. The number of nitrogens with one attached hydrogen (secondary N) is 2. The molecule has 0 aliphatic heterocycles. The molecule has 0 unspecified atom stereocenters. The summed E-state index contributed by atoms with van der Waals surface area (Å²) in [7, 11) is 0. The van der Waals surface area contributed by atoms with Crippen molar-refractivity contribution in [1.82, 2.24) is 9.97 Å². The maximum absolute atomic E-state index is 12.2. The third kappa shape index (κ3) is 4.93. The molecule has 2 rings (SSSR count). The second-order valence-corrected chi connectivity index (χ2v) is 5.69. The predicted molar refractivity (Wildman–Crippen MR) is 94.2 cm³/mol. The van der Waals surface area contributed by atoms with Gasteiger partial charge in [0.25, 0.3) is 5.91 Å². The summed E-state index contributed by atoms with van der Waals surface area (Å²) in [6.45, 7) is 4.87. The van der Waals surface area contributed by atoms with Crippen molar-refractivity contribution in [2.75, 3.05) is 17.2 Å². The minimum atomic E-state index is -0.305. The van der Waals surface area contributed by atoms with Gasteiger partial charge in [-0.2, -0.15) is 0 Å². The Hall–Kier alpha value is -2.14. The zero-order valence-corrected chi connectivity index (χ0v) is 14.2. The standard InChI is InChI=1S/C17H21ClN4O/c1-3-4-5-9-19-16-11-20-15(10-21-16)17(23)22-14-8-6-7-13(18)12(14)2/h6-8,10-11H,3-5,9H2,1-2H3,(H,19,21)(H,22,23). The summed E-state index contributed by atoms with van der Waals surface area (Å²) in [6, 6.07) is 5.38. The van der Waals surface area contributed by atoms with Crippen LogP contribution in [0.25, 0.3) is 0 Å². The Bertz CT molecular complexity index is 658. The van der Waals surface area contributed by atoms with E-state index >= 15 is 0 Å². The summed E-state index contributed by atoms with van der Waals surface area (Å²) in [6.07, 6.45) is 6.49. The maximum Gasteiger partial charge on any atom is 0.275 e. The Morgan fingerprint density at radius 2 is 2.04 bits per heavy atom. The van der Waals surface area contributed by atoms with Crippen molar-refractivity contribution in [2.45, 2.75) is 33.1 Å². The van der Waals surface area contributed by atoms with Crippen LogP contribution in [-0.4, -0.2) is 22.4 Å². The molecule has 0 aliphatic rings. The Kier molecular flexibility index (Phi) is 6.35. The number of hydrogen-bond donors (Lipinski definition) is 2. The molecule has 0 bridgehead atoms. The zero-order valence-electron chi connectivity index (χ0n) is 13.4. The van der Waals surface area contributed by atoms with Crippen LogP contribution in [0, 0.1) is 6.92 Å². The van der Waals surface area contributed by atoms with Gasteiger partial charge in [0.05, 0.1) is 12.4 Å². The van der Waals surface area contributed by atoms with Crippen LogP contribution in [0.3, 0.4) is 0 Å². The van der Waals surface area contributed by atoms with E-state index in [0.717, 1.165) is 18.5 Å². The van der Waals surface area contributed by atoms with Crippen molar-refractivity contribution >= 4 is 29.0 Å².